The molecule has 0 unspecified atom stereocenters. The van der Waals surface area contributed by atoms with E-state index in [4.69, 9.17) is 0 Å². The van der Waals surface area contributed by atoms with Gasteiger partial charge < -0.3 is 0 Å². The van der Waals surface area contributed by atoms with Crippen LogP contribution in [0.25, 0.3) is 0 Å². The molecule has 0 heterocycles. The van der Waals surface area contributed by atoms with Gasteiger partial charge in [-0.25, -0.2) is 0 Å². The molecular formula is C14H10Mn. The first-order valence-corrected chi connectivity index (χ1v) is 4.62. The summed E-state index contributed by atoms with van der Waals surface area (Å²) in [6, 6.07) is 0. The molecule has 0 aromatic heterocycles. The molecule has 0 bridgehead atoms. The monoisotopic (exact) mass is 233 g/mol. The zero-order valence-electron chi connectivity index (χ0n) is 8.79. The summed E-state index contributed by atoms with van der Waals surface area (Å²) >= 11 is 0. The van der Waals surface area contributed by atoms with Crippen LogP contribution in [-0.2, 0) is 17.1 Å². The predicted octanol–water partition coefficient (Wildman–Crippen LogP) is 2.62. The van der Waals surface area contributed by atoms with Gasteiger partial charge in [-0.1, -0.05) is 13.8 Å². The topological polar surface area (TPSA) is 0 Å². The summed E-state index contributed by atoms with van der Waals surface area (Å²) in [5.41, 5.74) is 0. The minimum Gasteiger partial charge on any atom is -0.0648 e. The van der Waals surface area contributed by atoms with E-state index >= 15 is 0 Å². The van der Waals surface area contributed by atoms with Gasteiger partial charge in [-0.15, -0.1) is 0 Å². The third-order valence-corrected chi connectivity index (χ3v) is 1.69. The van der Waals surface area contributed by atoms with Crippen molar-refractivity contribution in [1.29, 1.82) is 0 Å². The van der Waals surface area contributed by atoms with E-state index in [-0.39, 0.29) is 17.1 Å². The van der Waals surface area contributed by atoms with E-state index in [0.717, 1.165) is 24.7 Å². The molecular weight excluding hydrogens is 223 g/mol. The van der Waals surface area contributed by atoms with Crippen LogP contribution in [0.15, 0.2) is 0 Å². The molecule has 19 radical (unpaired) electrons. The van der Waals surface area contributed by atoms with Crippen molar-refractivity contribution in [1.82, 2.24) is 0 Å². The normalized spacial score (nSPS) is 22.0. The number of hydrogen-bond donors (Lipinski definition) is 0. The molecule has 73 valence electrons. The van der Waals surface area contributed by atoms with Gasteiger partial charge in [0.25, 0.3) is 0 Å². The smallest absolute Gasteiger partial charge is 0 e. The largest absolute Gasteiger partial charge is 0.0648 e. The molecule has 2 aliphatic carbocycles. The van der Waals surface area contributed by atoms with E-state index in [1.54, 1.807) is 0 Å². The Hall–Kier alpha value is 0.519. The molecule has 0 aliphatic heterocycles. The second-order valence-electron chi connectivity index (χ2n) is 2.66. The van der Waals surface area contributed by atoms with Crippen LogP contribution in [0.1, 0.15) is 26.7 Å². The van der Waals surface area contributed by atoms with Crippen molar-refractivity contribution >= 4 is 0 Å². The molecule has 1 heteroatoms. The molecule has 2 saturated carbocycles. The fourth-order valence-electron chi connectivity index (χ4n) is 0.843. The maximum absolute atomic E-state index is 2.85. The van der Waals surface area contributed by atoms with Crippen LogP contribution in [-0.4, -0.2) is 0 Å². The van der Waals surface area contributed by atoms with Crippen molar-refractivity contribution < 1.29 is 17.1 Å². The van der Waals surface area contributed by atoms with Gasteiger partial charge in [-0.2, -0.15) is 0 Å². The summed E-state index contributed by atoms with van der Waals surface area (Å²) in [5.74, 6) is 2.14. The predicted molar refractivity (Wildman–Crippen MR) is 53.0 cm³/mol. The quantitative estimate of drug-likeness (QED) is 0.643. The zero-order chi connectivity index (χ0) is 10.2. The van der Waals surface area contributed by atoms with E-state index in [1.165, 1.54) is 0 Å². The van der Waals surface area contributed by atoms with Crippen LogP contribution in [0.4, 0.5) is 0 Å². The van der Waals surface area contributed by atoms with Gasteiger partial charge in [-0.3, -0.25) is 0 Å². The third-order valence-electron chi connectivity index (χ3n) is 1.69. The second kappa shape index (κ2) is 9.72. The SMILES string of the molecule is CC[C]1[C][C][C][C]1.CC[C]1[C][C][C][C]1.[Mn]. The maximum atomic E-state index is 2.85. The van der Waals surface area contributed by atoms with Crippen LogP contribution in [0.5, 0.6) is 0 Å². The van der Waals surface area contributed by atoms with Crippen molar-refractivity contribution in [2.75, 3.05) is 0 Å². The molecule has 0 atom stereocenters. The number of hydrogen-bond acceptors (Lipinski definition) is 0. The fourth-order valence-corrected chi connectivity index (χ4v) is 0.843. The molecule has 0 spiro atoms. The molecule has 0 amide bonds. The van der Waals surface area contributed by atoms with Crippen molar-refractivity contribution in [3.05, 3.63) is 63.2 Å². The summed E-state index contributed by atoms with van der Waals surface area (Å²) in [4.78, 5) is 0. The van der Waals surface area contributed by atoms with Crippen LogP contribution < -0.4 is 0 Å². The van der Waals surface area contributed by atoms with E-state index < -0.39 is 0 Å². The minimum absolute atomic E-state index is 0. The van der Waals surface area contributed by atoms with Gasteiger partial charge in [0.2, 0.25) is 0 Å². The fraction of sp³-hybridized carbons (Fsp3) is 0.286. The molecule has 0 aromatic carbocycles. The Balaban J connectivity index is 0.000000245. The third kappa shape index (κ3) is 6.64. The van der Waals surface area contributed by atoms with E-state index in [1.807, 2.05) is 0 Å². The average Bonchev–Trinajstić information content (AvgIpc) is 2.92. The van der Waals surface area contributed by atoms with Gasteiger partial charge in [0.1, 0.15) is 0 Å². The Kier molecular flexibility index (Phi) is 10.1. The molecule has 0 aromatic rings. The van der Waals surface area contributed by atoms with Crippen LogP contribution in [0.3, 0.4) is 0 Å². The Bertz CT molecular complexity index is 105. The maximum Gasteiger partial charge on any atom is 0 e. The molecule has 2 fully saturated rings. The van der Waals surface area contributed by atoms with Crippen molar-refractivity contribution in [3.63, 3.8) is 0 Å². The van der Waals surface area contributed by atoms with E-state index in [2.05, 4.69) is 65.2 Å². The first kappa shape index (κ1) is 15.5. The zero-order valence-corrected chi connectivity index (χ0v) is 9.97. The van der Waals surface area contributed by atoms with Crippen LogP contribution >= 0.6 is 0 Å². The van der Waals surface area contributed by atoms with E-state index in [9.17, 15) is 0 Å². The Morgan fingerprint density at radius 1 is 0.667 bits per heavy atom. The Labute approximate surface area is 107 Å². The average molecular weight is 233 g/mol. The van der Waals surface area contributed by atoms with Crippen LogP contribution in [0, 0.1) is 63.2 Å². The van der Waals surface area contributed by atoms with Crippen molar-refractivity contribution in [2.24, 2.45) is 0 Å². The van der Waals surface area contributed by atoms with Gasteiger partial charge in [0.15, 0.2) is 0 Å². The van der Waals surface area contributed by atoms with Crippen molar-refractivity contribution in [2.45, 2.75) is 26.7 Å². The summed E-state index contributed by atoms with van der Waals surface area (Å²) < 4.78 is 0. The molecule has 0 N–H and O–H groups in total. The van der Waals surface area contributed by atoms with Gasteiger partial charge in [0.05, 0.1) is 0 Å². The van der Waals surface area contributed by atoms with Gasteiger partial charge in [-0.05, 0) is 76.0 Å². The van der Waals surface area contributed by atoms with E-state index in [0.29, 0.717) is 0 Å². The summed E-state index contributed by atoms with van der Waals surface area (Å²) in [6.45, 7) is 4.12. The summed E-state index contributed by atoms with van der Waals surface area (Å²) in [7, 11) is 0. The molecule has 2 aliphatic rings. The molecule has 15 heavy (non-hydrogen) atoms. The number of rotatable bonds is 2. The summed E-state index contributed by atoms with van der Waals surface area (Å²) in [5, 5.41) is 0. The molecule has 0 nitrogen and oxygen atoms in total. The van der Waals surface area contributed by atoms with Crippen molar-refractivity contribution in [3.8, 4) is 0 Å². The summed E-state index contributed by atoms with van der Waals surface area (Å²) in [6.07, 6.45) is 24.1. The Morgan fingerprint density at radius 3 is 1.07 bits per heavy atom. The standard InChI is InChI=1S/2C7H5.Mn/c2*1-2-7-5-3-4-6-7;/h2*2H2,1H3;. The second-order valence-corrected chi connectivity index (χ2v) is 2.66. The first-order valence-electron chi connectivity index (χ1n) is 4.62. The minimum atomic E-state index is 0. The first-order chi connectivity index (χ1) is 6.86. The van der Waals surface area contributed by atoms with Gasteiger partial charge >= 0.3 is 0 Å². The molecule has 2 rings (SSSR count). The Morgan fingerprint density at radius 2 is 0.933 bits per heavy atom. The van der Waals surface area contributed by atoms with Gasteiger partial charge in [0, 0.05) is 17.1 Å². The van der Waals surface area contributed by atoms with Crippen LogP contribution in [0.2, 0.25) is 0 Å². The molecule has 0 saturated heterocycles.